The van der Waals surface area contributed by atoms with Gasteiger partial charge in [0.05, 0.1) is 13.2 Å². The van der Waals surface area contributed by atoms with Gasteiger partial charge in [-0.15, -0.1) is 24.0 Å². The first-order valence-electron chi connectivity index (χ1n) is 8.09. The highest BCUT2D eigenvalue weighted by Gasteiger charge is 2.06. The van der Waals surface area contributed by atoms with Crippen LogP contribution >= 0.6 is 24.0 Å². The molecule has 0 spiro atoms. The summed E-state index contributed by atoms with van der Waals surface area (Å²) in [5.41, 5.74) is 1.88. The molecule has 7 nitrogen and oxygen atoms in total. The molecule has 0 aliphatic heterocycles. The molecule has 0 bridgehead atoms. The fourth-order valence-corrected chi connectivity index (χ4v) is 2.42. The fraction of sp³-hybridized carbons (Fsp3) is 0.412. The summed E-state index contributed by atoms with van der Waals surface area (Å²) >= 11 is 0. The molecule has 0 unspecified atom stereocenters. The van der Waals surface area contributed by atoms with E-state index < -0.39 is 0 Å². The number of aliphatic imine (C=N–C) groups is 1. The van der Waals surface area contributed by atoms with Gasteiger partial charge in [-0.25, -0.2) is 4.39 Å². The van der Waals surface area contributed by atoms with E-state index in [1.807, 2.05) is 6.20 Å². The molecule has 26 heavy (non-hydrogen) atoms. The van der Waals surface area contributed by atoms with E-state index in [1.165, 1.54) is 12.1 Å². The van der Waals surface area contributed by atoms with Gasteiger partial charge in [0.1, 0.15) is 5.82 Å². The highest BCUT2D eigenvalue weighted by Crippen LogP contribution is 2.19. The van der Waals surface area contributed by atoms with Crippen molar-refractivity contribution < 1.29 is 13.9 Å². The first-order valence-corrected chi connectivity index (χ1v) is 8.09. The van der Waals surface area contributed by atoms with Crippen molar-refractivity contribution in [1.82, 2.24) is 20.9 Å². The number of rotatable bonds is 8. The number of halogens is 2. The van der Waals surface area contributed by atoms with Crippen LogP contribution in [0.1, 0.15) is 5.56 Å². The molecule has 1 heterocycles. The molecule has 0 aliphatic carbocycles. The molecule has 2 aromatic rings. The molecular weight excluding hydrogens is 452 g/mol. The lowest BCUT2D eigenvalue weighted by Gasteiger charge is -2.11. The SMILES string of the molecule is CN=C(NCCc1c[nH]c2cc(F)ccc12)NCC(=O)NCCOC.I. The molecule has 144 valence electrons. The number of guanidine groups is 1. The number of methoxy groups -OCH3 is 1. The van der Waals surface area contributed by atoms with E-state index in [2.05, 4.69) is 25.9 Å². The summed E-state index contributed by atoms with van der Waals surface area (Å²) in [4.78, 5) is 18.8. The molecule has 0 atom stereocenters. The lowest BCUT2D eigenvalue weighted by Crippen LogP contribution is -2.44. The number of carbonyl (C=O) groups excluding carboxylic acids is 1. The Morgan fingerprint density at radius 2 is 2.08 bits per heavy atom. The van der Waals surface area contributed by atoms with Gasteiger partial charge in [-0.2, -0.15) is 0 Å². The molecule has 1 aromatic heterocycles. The third kappa shape index (κ3) is 6.79. The fourth-order valence-electron chi connectivity index (χ4n) is 2.42. The van der Waals surface area contributed by atoms with Gasteiger partial charge in [0.25, 0.3) is 0 Å². The Kier molecular flexibility index (Phi) is 9.96. The minimum absolute atomic E-state index is 0. The summed E-state index contributed by atoms with van der Waals surface area (Å²) in [7, 11) is 3.23. The maximum absolute atomic E-state index is 13.2. The van der Waals surface area contributed by atoms with Crippen LogP contribution in [0.5, 0.6) is 0 Å². The Labute approximate surface area is 169 Å². The van der Waals surface area contributed by atoms with Crippen molar-refractivity contribution in [3.63, 3.8) is 0 Å². The average molecular weight is 477 g/mol. The quantitative estimate of drug-likeness (QED) is 0.200. The lowest BCUT2D eigenvalue weighted by atomic mass is 10.1. The predicted octanol–water partition coefficient (Wildman–Crippen LogP) is 1.40. The van der Waals surface area contributed by atoms with Crippen LogP contribution in [0.4, 0.5) is 4.39 Å². The number of ether oxygens (including phenoxy) is 1. The van der Waals surface area contributed by atoms with Crippen molar-refractivity contribution in [2.24, 2.45) is 4.99 Å². The number of nitrogens with zero attached hydrogens (tertiary/aromatic N) is 1. The van der Waals surface area contributed by atoms with Gasteiger partial charge in [-0.1, -0.05) is 0 Å². The molecule has 1 aromatic carbocycles. The third-order valence-corrected chi connectivity index (χ3v) is 3.68. The Morgan fingerprint density at radius 1 is 1.27 bits per heavy atom. The normalized spacial score (nSPS) is 11.1. The smallest absolute Gasteiger partial charge is 0.239 e. The van der Waals surface area contributed by atoms with Crippen molar-refractivity contribution in [3.8, 4) is 0 Å². The molecule has 1 amide bonds. The summed E-state index contributed by atoms with van der Waals surface area (Å²) in [6, 6.07) is 4.71. The monoisotopic (exact) mass is 477 g/mol. The summed E-state index contributed by atoms with van der Waals surface area (Å²) in [6.45, 7) is 1.72. The minimum Gasteiger partial charge on any atom is -0.383 e. The first-order chi connectivity index (χ1) is 12.1. The second kappa shape index (κ2) is 11.7. The molecule has 2 rings (SSSR count). The van der Waals surface area contributed by atoms with Crippen LogP contribution in [0.2, 0.25) is 0 Å². The van der Waals surface area contributed by atoms with Gasteiger partial charge in [0.15, 0.2) is 5.96 Å². The summed E-state index contributed by atoms with van der Waals surface area (Å²) in [5, 5.41) is 9.83. The molecule has 0 saturated carbocycles. The zero-order chi connectivity index (χ0) is 18.1. The van der Waals surface area contributed by atoms with Gasteiger partial charge in [0, 0.05) is 44.3 Å². The van der Waals surface area contributed by atoms with Gasteiger partial charge < -0.3 is 25.7 Å². The number of H-pyrrole nitrogens is 1. The van der Waals surface area contributed by atoms with Gasteiger partial charge in [-0.3, -0.25) is 9.79 Å². The maximum atomic E-state index is 13.2. The van der Waals surface area contributed by atoms with Crippen LogP contribution in [-0.2, 0) is 16.0 Å². The Balaban J connectivity index is 0.00000338. The van der Waals surface area contributed by atoms with E-state index >= 15 is 0 Å². The highest BCUT2D eigenvalue weighted by atomic mass is 127. The largest absolute Gasteiger partial charge is 0.383 e. The van der Waals surface area contributed by atoms with E-state index in [-0.39, 0.29) is 42.2 Å². The Bertz CT molecular complexity index is 735. The van der Waals surface area contributed by atoms with Crippen LogP contribution in [0.15, 0.2) is 29.4 Å². The molecule has 0 fully saturated rings. The molecule has 0 saturated heterocycles. The van der Waals surface area contributed by atoms with Crippen molar-refractivity contribution in [2.75, 3.05) is 40.4 Å². The van der Waals surface area contributed by atoms with E-state index in [9.17, 15) is 9.18 Å². The number of amides is 1. The highest BCUT2D eigenvalue weighted by molar-refractivity contribution is 14.0. The maximum Gasteiger partial charge on any atom is 0.239 e. The van der Waals surface area contributed by atoms with Crippen molar-refractivity contribution in [1.29, 1.82) is 0 Å². The number of aromatic nitrogens is 1. The average Bonchev–Trinajstić information content (AvgIpc) is 3.00. The van der Waals surface area contributed by atoms with Gasteiger partial charge in [-0.05, 0) is 30.2 Å². The number of hydrogen-bond acceptors (Lipinski definition) is 3. The number of fused-ring (bicyclic) bond motifs is 1. The Morgan fingerprint density at radius 3 is 2.81 bits per heavy atom. The third-order valence-electron chi connectivity index (χ3n) is 3.68. The second-order valence-electron chi connectivity index (χ2n) is 5.45. The van der Waals surface area contributed by atoms with Crippen LogP contribution in [0.3, 0.4) is 0 Å². The molecule has 0 radical (unpaired) electrons. The van der Waals surface area contributed by atoms with E-state index in [4.69, 9.17) is 4.74 Å². The lowest BCUT2D eigenvalue weighted by molar-refractivity contribution is -0.120. The van der Waals surface area contributed by atoms with Gasteiger partial charge in [0.2, 0.25) is 5.91 Å². The summed E-state index contributed by atoms with van der Waals surface area (Å²) in [6.07, 6.45) is 2.62. The molecule has 9 heteroatoms. The number of hydrogen-bond donors (Lipinski definition) is 4. The van der Waals surface area contributed by atoms with Gasteiger partial charge >= 0.3 is 0 Å². The zero-order valence-corrected chi connectivity index (χ0v) is 17.2. The van der Waals surface area contributed by atoms with Crippen LogP contribution < -0.4 is 16.0 Å². The summed E-state index contributed by atoms with van der Waals surface area (Å²) in [5.74, 6) is 0.166. The van der Waals surface area contributed by atoms with Crippen molar-refractivity contribution >= 4 is 46.7 Å². The summed E-state index contributed by atoms with van der Waals surface area (Å²) < 4.78 is 18.1. The van der Waals surface area contributed by atoms with Crippen molar-refractivity contribution in [3.05, 3.63) is 35.8 Å². The van der Waals surface area contributed by atoms with E-state index in [0.717, 1.165) is 22.9 Å². The number of nitrogens with one attached hydrogen (secondary N) is 4. The number of aromatic amines is 1. The zero-order valence-electron chi connectivity index (χ0n) is 14.9. The second-order valence-corrected chi connectivity index (χ2v) is 5.45. The first kappa shape index (κ1) is 22.2. The van der Waals surface area contributed by atoms with Crippen LogP contribution in [0.25, 0.3) is 10.9 Å². The topological polar surface area (TPSA) is 90.5 Å². The van der Waals surface area contributed by atoms with E-state index in [0.29, 0.717) is 25.7 Å². The standard InChI is InChI=1S/C17H24FN5O2.HI/c1-19-17(23-11-16(24)20-7-8-25-2)21-6-5-12-10-22-15-9-13(18)3-4-14(12)15;/h3-4,9-10,22H,5-8,11H2,1-2H3,(H,20,24)(H2,19,21,23);1H. The molecule has 4 N–H and O–H groups in total. The number of benzene rings is 1. The minimum atomic E-state index is -0.257. The predicted molar refractivity (Wildman–Crippen MR) is 112 cm³/mol. The van der Waals surface area contributed by atoms with Crippen LogP contribution in [-0.4, -0.2) is 57.2 Å². The number of carbonyl (C=O) groups is 1. The van der Waals surface area contributed by atoms with Crippen LogP contribution in [0, 0.1) is 5.82 Å². The Hall–Kier alpha value is -1.88. The molecular formula is C17H25FIN5O2. The van der Waals surface area contributed by atoms with E-state index in [1.54, 1.807) is 20.2 Å². The molecule has 0 aliphatic rings. The van der Waals surface area contributed by atoms with Crippen molar-refractivity contribution in [2.45, 2.75) is 6.42 Å².